The highest BCUT2D eigenvalue weighted by Gasteiger charge is 2.13. The van der Waals surface area contributed by atoms with Crippen LogP contribution in [0.4, 0.5) is 4.39 Å². The van der Waals surface area contributed by atoms with Gasteiger partial charge in [0.1, 0.15) is 0 Å². The van der Waals surface area contributed by atoms with Crippen molar-refractivity contribution in [2.75, 3.05) is 6.54 Å². The average Bonchev–Trinajstić information content (AvgIpc) is 2.93. The molecule has 1 amide bonds. The largest absolute Gasteiger partial charge is 0.347 e. The molecule has 1 aromatic carbocycles. The normalized spacial score (nSPS) is 9.86. The Kier molecular flexibility index (Phi) is 5.34. The Bertz CT molecular complexity index is 718. The Hall–Kier alpha value is -1.87. The van der Waals surface area contributed by atoms with Gasteiger partial charge in [0.05, 0.1) is 28.6 Å². The van der Waals surface area contributed by atoms with Gasteiger partial charge in [0, 0.05) is 4.88 Å². The molecule has 0 saturated heterocycles. The van der Waals surface area contributed by atoms with E-state index in [1.165, 1.54) is 29.5 Å². The standard InChI is InChI=1S/C15H12ClFN2OS/c16-13-5-1-4-12(14(13)17)15(20)19-9-11-7-6-10(21-11)3-2-8-18/h1,4-7H,8-9,18H2,(H,19,20). The fraction of sp³-hybridized carbons (Fsp3) is 0.133. The second kappa shape index (κ2) is 7.23. The summed E-state index contributed by atoms with van der Waals surface area (Å²) in [7, 11) is 0. The zero-order chi connectivity index (χ0) is 15.2. The van der Waals surface area contributed by atoms with Crippen LogP contribution in [-0.4, -0.2) is 12.5 Å². The lowest BCUT2D eigenvalue weighted by molar-refractivity contribution is 0.0947. The molecule has 1 heterocycles. The van der Waals surface area contributed by atoms with E-state index in [0.29, 0.717) is 13.1 Å². The van der Waals surface area contributed by atoms with Gasteiger partial charge in [0.15, 0.2) is 5.82 Å². The van der Waals surface area contributed by atoms with Crippen molar-refractivity contribution in [3.05, 3.63) is 56.5 Å². The minimum absolute atomic E-state index is 0.0674. The molecule has 0 radical (unpaired) electrons. The minimum atomic E-state index is -0.711. The van der Waals surface area contributed by atoms with Gasteiger partial charge >= 0.3 is 0 Å². The molecule has 0 spiro atoms. The SMILES string of the molecule is NCC#Cc1ccc(CNC(=O)c2cccc(Cl)c2F)s1. The van der Waals surface area contributed by atoms with Gasteiger partial charge in [-0.15, -0.1) is 11.3 Å². The van der Waals surface area contributed by atoms with Crippen molar-refractivity contribution in [3.8, 4) is 11.8 Å². The molecule has 21 heavy (non-hydrogen) atoms. The molecule has 0 aliphatic rings. The highest BCUT2D eigenvalue weighted by molar-refractivity contribution is 7.12. The number of thiophene rings is 1. The summed E-state index contributed by atoms with van der Waals surface area (Å²) < 4.78 is 13.7. The maximum atomic E-state index is 13.7. The van der Waals surface area contributed by atoms with Gasteiger partial charge in [-0.25, -0.2) is 4.39 Å². The maximum Gasteiger partial charge on any atom is 0.254 e. The lowest BCUT2D eigenvalue weighted by Gasteiger charge is -2.05. The Morgan fingerprint density at radius 2 is 2.19 bits per heavy atom. The Labute approximate surface area is 130 Å². The van der Waals surface area contributed by atoms with Crippen LogP contribution in [0, 0.1) is 17.7 Å². The number of rotatable bonds is 3. The predicted molar refractivity (Wildman–Crippen MR) is 82.8 cm³/mol. The van der Waals surface area contributed by atoms with Crippen LogP contribution in [-0.2, 0) is 6.54 Å². The van der Waals surface area contributed by atoms with Crippen LogP contribution in [0.25, 0.3) is 0 Å². The van der Waals surface area contributed by atoms with E-state index < -0.39 is 11.7 Å². The first-order chi connectivity index (χ1) is 10.1. The second-order valence-electron chi connectivity index (χ2n) is 4.06. The van der Waals surface area contributed by atoms with E-state index in [1.54, 1.807) is 0 Å². The van der Waals surface area contributed by atoms with Crippen LogP contribution in [0.15, 0.2) is 30.3 Å². The monoisotopic (exact) mass is 322 g/mol. The van der Waals surface area contributed by atoms with Gasteiger partial charge in [0.2, 0.25) is 0 Å². The number of halogens is 2. The summed E-state index contributed by atoms with van der Waals surface area (Å²) in [5.74, 6) is 4.46. The van der Waals surface area contributed by atoms with Crippen molar-refractivity contribution in [2.24, 2.45) is 5.73 Å². The molecule has 0 saturated carbocycles. The molecule has 0 atom stereocenters. The van der Waals surface area contributed by atoms with E-state index in [4.69, 9.17) is 17.3 Å². The van der Waals surface area contributed by atoms with Gasteiger partial charge in [-0.2, -0.15) is 0 Å². The number of hydrogen-bond donors (Lipinski definition) is 2. The smallest absolute Gasteiger partial charge is 0.254 e. The Morgan fingerprint density at radius 1 is 1.38 bits per heavy atom. The van der Waals surface area contributed by atoms with Crippen molar-refractivity contribution < 1.29 is 9.18 Å². The molecule has 0 unspecified atom stereocenters. The van der Waals surface area contributed by atoms with Gasteiger partial charge in [-0.05, 0) is 24.3 Å². The van der Waals surface area contributed by atoms with Crippen LogP contribution in [0.3, 0.4) is 0 Å². The predicted octanol–water partition coefficient (Wildman–Crippen LogP) is 2.78. The highest BCUT2D eigenvalue weighted by atomic mass is 35.5. The number of carbonyl (C=O) groups is 1. The first-order valence-corrected chi connectivity index (χ1v) is 7.31. The molecule has 2 aromatic rings. The van der Waals surface area contributed by atoms with Gasteiger partial charge in [0.25, 0.3) is 5.91 Å². The van der Waals surface area contributed by atoms with E-state index in [9.17, 15) is 9.18 Å². The second-order valence-corrected chi connectivity index (χ2v) is 5.63. The third-order valence-electron chi connectivity index (χ3n) is 2.59. The molecule has 3 nitrogen and oxygen atoms in total. The van der Waals surface area contributed by atoms with Crippen LogP contribution >= 0.6 is 22.9 Å². The quantitative estimate of drug-likeness (QED) is 0.854. The van der Waals surface area contributed by atoms with Crippen molar-refractivity contribution >= 4 is 28.8 Å². The number of nitrogens with two attached hydrogens (primary N) is 1. The summed E-state index contributed by atoms with van der Waals surface area (Å²) in [6, 6.07) is 8.04. The number of nitrogens with one attached hydrogen (secondary N) is 1. The summed E-state index contributed by atoms with van der Waals surface area (Å²) in [4.78, 5) is 13.7. The van der Waals surface area contributed by atoms with Crippen LogP contribution in [0.1, 0.15) is 20.1 Å². The lowest BCUT2D eigenvalue weighted by Crippen LogP contribution is -2.23. The fourth-order valence-corrected chi connectivity index (χ4v) is 2.62. The zero-order valence-corrected chi connectivity index (χ0v) is 12.5. The van der Waals surface area contributed by atoms with E-state index in [2.05, 4.69) is 17.2 Å². The summed E-state index contributed by atoms with van der Waals surface area (Å²) in [5.41, 5.74) is 5.23. The molecular formula is C15H12ClFN2OS. The maximum absolute atomic E-state index is 13.7. The fourth-order valence-electron chi connectivity index (χ4n) is 1.62. The minimum Gasteiger partial charge on any atom is -0.347 e. The molecular weight excluding hydrogens is 311 g/mol. The van der Waals surface area contributed by atoms with Crippen molar-refractivity contribution in [3.63, 3.8) is 0 Å². The Balaban J connectivity index is 2.01. The lowest BCUT2D eigenvalue weighted by atomic mass is 10.2. The number of hydrogen-bond acceptors (Lipinski definition) is 3. The van der Waals surface area contributed by atoms with E-state index >= 15 is 0 Å². The third kappa shape index (κ3) is 4.05. The van der Waals surface area contributed by atoms with Crippen LogP contribution < -0.4 is 11.1 Å². The van der Waals surface area contributed by atoms with Gasteiger partial charge < -0.3 is 11.1 Å². The zero-order valence-electron chi connectivity index (χ0n) is 11.0. The molecule has 3 N–H and O–H groups in total. The molecule has 6 heteroatoms. The molecule has 1 aromatic heterocycles. The van der Waals surface area contributed by atoms with Crippen LogP contribution in [0.5, 0.6) is 0 Å². The van der Waals surface area contributed by atoms with Gasteiger partial charge in [-0.1, -0.05) is 29.5 Å². The van der Waals surface area contributed by atoms with E-state index in [1.807, 2.05) is 12.1 Å². The molecule has 0 aliphatic heterocycles. The van der Waals surface area contributed by atoms with Crippen molar-refractivity contribution in [1.29, 1.82) is 0 Å². The van der Waals surface area contributed by atoms with E-state index in [0.717, 1.165) is 9.75 Å². The highest BCUT2D eigenvalue weighted by Crippen LogP contribution is 2.18. The topological polar surface area (TPSA) is 55.1 Å². The average molecular weight is 323 g/mol. The summed E-state index contributed by atoms with van der Waals surface area (Å²) >= 11 is 7.10. The molecule has 108 valence electrons. The number of benzene rings is 1. The first-order valence-electron chi connectivity index (χ1n) is 6.11. The van der Waals surface area contributed by atoms with Gasteiger partial charge in [-0.3, -0.25) is 4.79 Å². The Morgan fingerprint density at radius 3 is 2.95 bits per heavy atom. The molecule has 0 fully saturated rings. The van der Waals surface area contributed by atoms with Crippen molar-refractivity contribution in [2.45, 2.75) is 6.54 Å². The molecule has 0 aliphatic carbocycles. The molecule has 2 rings (SSSR count). The summed E-state index contributed by atoms with van der Waals surface area (Å²) in [6.45, 7) is 0.609. The van der Waals surface area contributed by atoms with Crippen molar-refractivity contribution in [1.82, 2.24) is 5.32 Å². The third-order valence-corrected chi connectivity index (χ3v) is 3.89. The number of carbonyl (C=O) groups excluding carboxylic acids is 1. The summed E-state index contributed by atoms with van der Waals surface area (Å²) in [5, 5.41) is 2.58. The van der Waals surface area contributed by atoms with Crippen LogP contribution in [0.2, 0.25) is 5.02 Å². The molecule has 0 bridgehead atoms. The first kappa shape index (κ1) is 15.5. The van der Waals surface area contributed by atoms with E-state index in [-0.39, 0.29) is 10.6 Å². The number of amides is 1. The summed E-state index contributed by atoms with van der Waals surface area (Å²) in [6.07, 6.45) is 0.